The highest BCUT2D eigenvalue weighted by molar-refractivity contribution is 7.98. The molecule has 3 aromatic rings. The van der Waals surface area contributed by atoms with Gasteiger partial charge in [0.2, 0.25) is 0 Å². The zero-order valence-electron chi connectivity index (χ0n) is 13.9. The van der Waals surface area contributed by atoms with Gasteiger partial charge in [0.05, 0.1) is 6.54 Å². The number of rotatable bonds is 6. The second kappa shape index (κ2) is 6.81. The van der Waals surface area contributed by atoms with Crippen LogP contribution in [0.3, 0.4) is 0 Å². The number of aromatic nitrogens is 3. The molecule has 0 saturated heterocycles. The van der Waals surface area contributed by atoms with E-state index < -0.39 is 0 Å². The highest BCUT2D eigenvalue weighted by atomic mass is 32.2. The second-order valence-electron chi connectivity index (χ2n) is 6.46. The Kier molecular flexibility index (Phi) is 4.39. The fraction of sp³-hybridized carbons (Fsp3) is 0.300. The van der Waals surface area contributed by atoms with Crippen molar-refractivity contribution in [1.29, 1.82) is 0 Å². The first-order valence-electron chi connectivity index (χ1n) is 8.45. The Morgan fingerprint density at radius 2 is 1.71 bits per heavy atom. The normalized spacial score (nSPS) is 14.0. The van der Waals surface area contributed by atoms with Gasteiger partial charge in [-0.2, -0.15) is 0 Å². The molecule has 24 heavy (non-hydrogen) atoms. The molecule has 1 aliphatic rings. The van der Waals surface area contributed by atoms with Crippen molar-refractivity contribution in [3.63, 3.8) is 0 Å². The van der Waals surface area contributed by atoms with Crippen molar-refractivity contribution in [2.24, 2.45) is 0 Å². The zero-order chi connectivity index (χ0) is 16.4. The minimum Gasteiger partial charge on any atom is -0.301 e. The van der Waals surface area contributed by atoms with Crippen molar-refractivity contribution in [3.05, 3.63) is 77.1 Å². The van der Waals surface area contributed by atoms with E-state index in [1.807, 2.05) is 0 Å². The molecule has 122 valence electrons. The molecule has 0 radical (unpaired) electrons. The number of nitrogens with zero attached hydrogens (tertiary/aromatic N) is 3. The molecular weight excluding hydrogens is 314 g/mol. The summed E-state index contributed by atoms with van der Waals surface area (Å²) >= 11 is 1.78. The molecule has 3 nitrogen and oxygen atoms in total. The summed E-state index contributed by atoms with van der Waals surface area (Å²) in [4.78, 5) is 0. The summed E-state index contributed by atoms with van der Waals surface area (Å²) in [7, 11) is 0. The first kappa shape index (κ1) is 15.5. The molecule has 2 aromatic carbocycles. The van der Waals surface area contributed by atoms with Crippen molar-refractivity contribution in [2.75, 3.05) is 0 Å². The van der Waals surface area contributed by atoms with Crippen molar-refractivity contribution >= 4 is 11.8 Å². The predicted molar refractivity (Wildman–Crippen MR) is 98.3 cm³/mol. The first-order chi connectivity index (χ1) is 11.8. The lowest BCUT2D eigenvalue weighted by Gasteiger charge is -2.10. The van der Waals surface area contributed by atoms with Crippen LogP contribution < -0.4 is 0 Å². The number of aryl methyl sites for hydroxylation is 1. The van der Waals surface area contributed by atoms with E-state index in [0.717, 1.165) is 23.3 Å². The number of thioether (sulfide) groups is 1. The Bertz CT molecular complexity index is 805. The van der Waals surface area contributed by atoms with Gasteiger partial charge in [-0.15, -0.1) is 10.2 Å². The molecule has 0 unspecified atom stereocenters. The largest absolute Gasteiger partial charge is 0.301 e. The van der Waals surface area contributed by atoms with Crippen molar-refractivity contribution < 1.29 is 0 Å². The zero-order valence-corrected chi connectivity index (χ0v) is 14.7. The maximum Gasteiger partial charge on any atom is 0.191 e. The minimum absolute atomic E-state index is 0.606. The fourth-order valence-corrected chi connectivity index (χ4v) is 3.70. The molecule has 1 aromatic heterocycles. The van der Waals surface area contributed by atoms with Crippen LogP contribution in [0.4, 0.5) is 0 Å². The Morgan fingerprint density at radius 3 is 2.42 bits per heavy atom. The number of benzene rings is 2. The summed E-state index contributed by atoms with van der Waals surface area (Å²) in [6.45, 7) is 2.98. The average Bonchev–Trinajstić information content (AvgIpc) is 3.38. The molecule has 0 amide bonds. The van der Waals surface area contributed by atoms with Gasteiger partial charge in [-0.05, 0) is 30.9 Å². The van der Waals surface area contributed by atoms with E-state index in [4.69, 9.17) is 0 Å². The van der Waals surface area contributed by atoms with E-state index in [9.17, 15) is 0 Å². The topological polar surface area (TPSA) is 30.7 Å². The predicted octanol–water partition coefficient (Wildman–Crippen LogP) is 4.80. The van der Waals surface area contributed by atoms with E-state index in [0.29, 0.717) is 5.92 Å². The Morgan fingerprint density at radius 1 is 0.958 bits per heavy atom. The second-order valence-corrected chi connectivity index (χ2v) is 7.40. The number of hydrogen-bond acceptors (Lipinski definition) is 3. The van der Waals surface area contributed by atoms with Crippen LogP contribution in [0.15, 0.2) is 59.8 Å². The first-order valence-corrected chi connectivity index (χ1v) is 9.43. The fourth-order valence-electron chi connectivity index (χ4n) is 2.80. The van der Waals surface area contributed by atoms with Crippen LogP contribution in [0, 0.1) is 6.92 Å². The molecular formula is C20H21N3S. The molecule has 0 aliphatic heterocycles. The highest BCUT2D eigenvalue weighted by Gasteiger charge is 2.30. The molecule has 0 N–H and O–H groups in total. The minimum atomic E-state index is 0.606. The van der Waals surface area contributed by atoms with Crippen LogP contribution in [0.2, 0.25) is 0 Å². The van der Waals surface area contributed by atoms with Gasteiger partial charge in [-0.3, -0.25) is 0 Å². The summed E-state index contributed by atoms with van der Waals surface area (Å²) in [5.41, 5.74) is 3.93. The van der Waals surface area contributed by atoms with Gasteiger partial charge in [0, 0.05) is 11.7 Å². The quantitative estimate of drug-likeness (QED) is 0.606. The van der Waals surface area contributed by atoms with Crippen LogP contribution in [0.25, 0.3) is 0 Å². The van der Waals surface area contributed by atoms with E-state index in [2.05, 4.69) is 76.3 Å². The van der Waals surface area contributed by atoms with E-state index >= 15 is 0 Å². The van der Waals surface area contributed by atoms with Gasteiger partial charge in [-0.1, -0.05) is 71.9 Å². The lowest BCUT2D eigenvalue weighted by Crippen LogP contribution is -2.06. The molecule has 1 fully saturated rings. The molecule has 0 bridgehead atoms. The molecule has 1 aliphatic carbocycles. The van der Waals surface area contributed by atoms with Crippen LogP contribution in [0.5, 0.6) is 0 Å². The van der Waals surface area contributed by atoms with Crippen LogP contribution >= 0.6 is 11.8 Å². The smallest absolute Gasteiger partial charge is 0.191 e. The third kappa shape index (κ3) is 3.54. The summed E-state index contributed by atoms with van der Waals surface area (Å²) < 4.78 is 2.31. The highest BCUT2D eigenvalue weighted by Crippen LogP contribution is 2.40. The molecule has 4 heteroatoms. The van der Waals surface area contributed by atoms with Gasteiger partial charge in [0.15, 0.2) is 5.16 Å². The third-order valence-electron chi connectivity index (χ3n) is 4.36. The monoisotopic (exact) mass is 335 g/mol. The van der Waals surface area contributed by atoms with Gasteiger partial charge >= 0.3 is 0 Å². The van der Waals surface area contributed by atoms with E-state index in [1.54, 1.807) is 11.8 Å². The molecule has 1 saturated carbocycles. The number of hydrogen-bond donors (Lipinski definition) is 0. The summed E-state index contributed by atoms with van der Waals surface area (Å²) in [5, 5.41) is 10.0. The van der Waals surface area contributed by atoms with Gasteiger partial charge in [0.1, 0.15) is 5.82 Å². The third-order valence-corrected chi connectivity index (χ3v) is 5.40. The average molecular weight is 335 g/mol. The molecule has 0 atom stereocenters. The lowest BCUT2D eigenvalue weighted by molar-refractivity contribution is 0.667. The van der Waals surface area contributed by atoms with Gasteiger partial charge in [-0.25, -0.2) is 0 Å². The SMILES string of the molecule is Cc1ccc(CSc2nnc(C3CC3)n2Cc2ccccc2)cc1. The van der Waals surface area contributed by atoms with Crippen molar-refractivity contribution in [2.45, 2.75) is 43.1 Å². The maximum absolute atomic E-state index is 4.49. The van der Waals surface area contributed by atoms with Crippen LogP contribution in [-0.4, -0.2) is 14.8 Å². The van der Waals surface area contributed by atoms with Crippen LogP contribution in [-0.2, 0) is 12.3 Å². The summed E-state index contributed by atoms with van der Waals surface area (Å²) in [5.74, 6) is 2.69. The van der Waals surface area contributed by atoms with Gasteiger partial charge in [0.25, 0.3) is 0 Å². The Balaban J connectivity index is 1.54. The maximum atomic E-state index is 4.49. The van der Waals surface area contributed by atoms with E-state index in [-0.39, 0.29) is 0 Å². The van der Waals surface area contributed by atoms with Crippen molar-refractivity contribution in [3.8, 4) is 0 Å². The molecule has 0 spiro atoms. The summed E-state index contributed by atoms with van der Waals surface area (Å²) in [6.07, 6.45) is 2.49. The molecule has 1 heterocycles. The molecule has 4 rings (SSSR count). The van der Waals surface area contributed by atoms with Crippen LogP contribution in [0.1, 0.15) is 41.3 Å². The Hall–Kier alpha value is -2.07. The lowest BCUT2D eigenvalue weighted by atomic mass is 10.2. The standard InChI is InChI=1S/C20H21N3S/c1-15-7-9-17(10-8-15)14-24-20-22-21-19(18-11-12-18)23(20)13-16-5-3-2-4-6-16/h2-10,18H,11-14H2,1H3. The Labute approximate surface area is 147 Å². The van der Waals surface area contributed by atoms with Crippen molar-refractivity contribution in [1.82, 2.24) is 14.8 Å². The van der Waals surface area contributed by atoms with Gasteiger partial charge < -0.3 is 4.57 Å². The summed E-state index contributed by atoms with van der Waals surface area (Å²) in [6, 6.07) is 19.3. The van der Waals surface area contributed by atoms with E-state index in [1.165, 1.54) is 29.5 Å².